The summed E-state index contributed by atoms with van der Waals surface area (Å²) in [6.07, 6.45) is 6.54. The number of aryl methyl sites for hydroxylation is 2. The van der Waals surface area contributed by atoms with Crippen LogP contribution in [0.4, 0.5) is 0 Å². The standard InChI is InChI=1S/C16H27N3O2/c1-4-15(21-13-8-6-5-7-9-13)16(20)17-10-14-11(2)18-19-12(14)3/h13,15H,4-10H2,1-3H3,(H,17,20)(H,18,19)/t15-/m1/s1. The summed E-state index contributed by atoms with van der Waals surface area (Å²) in [5.74, 6) is -0.0110. The highest BCUT2D eigenvalue weighted by Gasteiger charge is 2.23. The van der Waals surface area contributed by atoms with Gasteiger partial charge < -0.3 is 10.1 Å². The number of ether oxygens (including phenoxy) is 1. The number of nitrogens with zero attached hydrogens (tertiary/aromatic N) is 1. The van der Waals surface area contributed by atoms with E-state index in [4.69, 9.17) is 4.74 Å². The first-order valence-electron chi connectivity index (χ1n) is 8.05. The quantitative estimate of drug-likeness (QED) is 0.847. The average Bonchev–Trinajstić information content (AvgIpc) is 2.82. The van der Waals surface area contributed by atoms with Gasteiger partial charge in [-0.3, -0.25) is 9.89 Å². The summed E-state index contributed by atoms with van der Waals surface area (Å²) < 4.78 is 6.00. The first-order valence-corrected chi connectivity index (χ1v) is 8.05. The molecule has 0 bridgehead atoms. The Bertz CT molecular complexity index is 445. The number of aromatic amines is 1. The zero-order chi connectivity index (χ0) is 15.2. The molecule has 1 aromatic rings. The van der Waals surface area contributed by atoms with Crippen molar-refractivity contribution in [1.82, 2.24) is 15.5 Å². The van der Waals surface area contributed by atoms with Gasteiger partial charge in [0.05, 0.1) is 11.8 Å². The Morgan fingerprint density at radius 1 is 1.38 bits per heavy atom. The molecule has 118 valence electrons. The summed E-state index contributed by atoms with van der Waals surface area (Å²) in [4.78, 5) is 12.3. The van der Waals surface area contributed by atoms with Gasteiger partial charge in [0.15, 0.2) is 0 Å². The second-order valence-corrected chi connectivity index (χ2v) is 5.92. The Balaban J connectivity index is 1.85. The summed E-state index contributed by atoms with van der Waals surface area (Å²) in [5, 5.41) is 10.1. The van der Waals surface area contributed by atoms with Crippen molar-refractivity contribution in [3.05, 3.63) is 17.0 Å². The first-order chi connectivity index (χ1) is 10.1. The maximum absolute atomic E-state index is 12.3. The van der Waals surface area contributed by atoms with Crippen molar-refractivity contribution in [3.63, 3.8) is 0 Å². The smallest absolute Gasteiger partial charge is 0.249 e. The van der Waals surface area contributed by atoms with E-state index in [1.54, 1.807) is 0 Å². The lowest BCUT2D eigenvalue weighted by Gasteiger charge is -2.26. The molecule has 1 heterocycles. The molecule has 2 N–H and O–H groups in total. The fraction of sp³-hybridized carbons (Fsp3) is 0.750. The van der Waals surface area contributed by atoms with Crippen LogP contribution < -0.4 is 5.32 Å². The van der Waals surface area contributed by atoms with Crippen molar-refractivity contribution in [2.24, 2.45) is 0 Å². The van der Waals surface area contributed by atoms with Gasteiger partial charge in [-0.15, -0.1) is 0 Å². The minimum absolute atomic E-state index is 0.0110. The second kappa shape index (κ2) is 7.59. The Labute approximate surface area is 126 Å². The number of carbonyl (C=O) groups is 1. The molecule has 1 aromatic heterocycles. The van der Waals surface area contributed by atoms with E-state index in [9.17, 15) is 4.79 Å². The van der Waals surface area contributed by atoms with E-state index in [0.29, 0.717) is 13.0 Å². The van der Waals surface area contributed by atoms with Gasteiger partial charge in [0.1, 0.15) is 6.10 Å². The molecule has 5 heteroatoms. The fourth-order valence-electron chi connectivity index (χ4n) is 2.90. The van der Waals surface area contributed by atoms with Gasteiger partial charge in [-0.1, -0.05) is 26.2 Å². The zero-order valence-corrected chi connectivity index (χ0v) is 13.4. The molecule has 1 aliphatic rings. The van der Waals surface area contributed by atoms with Crippen LogP contribution in [0, 0.1) is 13.8 Å². The third-order valence-corrected chi connectivity index (χ3v) is 4.29. The predicted octanol–water partition coefficient (Wildman–Crippen LogP) is 2.77. The molecule has 1 amide bonds. The lowest BCUT2D eigenvalue weighted by Crippen LogP contribution is -2.38. The number of hydrogen-bond donors (Lipinski definition) is 2. The van der Waals surface area contributed by atoms with Crippen LogP contribution in [0.5, 0.6) is 0 Å². The van der Waals surface area contributed by atoms with Crippen molar-refractivity contribution in [3.8, 4) is 0 Å². The van der Waals surface area contributed by atoms with Crippen molar-refractivity contribution < 1.29 is 9.53 Å². The van der Waals surface area contributed by atoms with Gasteiger partial charge in [0.2, 0.25) is 5.91 Å². The van der Waals surface area contributed by atoms with E-state index in [-0.39, 0.29) is 18.1 Å². The van der Waals surface area contributed by atoms with Crippen LogP contribution in [0.2, 0.25) is 0 Å². The number of hydrogen-bond acceptors (Lipinski definition) is 3. The van der Waals surface area contributed by atoms with Gasteiger partial charge in [0, 0.05) is 17.8 Å². The molecule has 1 atom stereocenters. The van der Waals surface area contributed by atoms with E-state index in [1.807, 2.05) is 20.8 Å². The van der Waals surface area contributed by atoms with Crippen LogP contribution in [0.25, 0.3) is 0 Å². The molecule has 0 spiro atoms. The summed E-state index contributed by atoms with van der Waals surface area (Å²) >= 11 is 0. The Morgan fingerprint density at radius 3 is 2.67 bits per heavy atom. The van der Waals surface area contributed by atoms with Crippen LogP contribution >= 0.6 is 0 Å². The maximum Gasteiger partial charge on any atom is 0.249 e. The molecule has 1 fully saturated rings. The third kappa shape index (κ3) is 4.30. The first kappa shape index (κ1) is 16.0. The number of rotatable bonds is 6. The van der Waals surface area contributed by atoms with Gasteiger partial charge in [0.25, 0.3) is 0 Å². The minimum Gasteiger partial charge on any atom is -0.365 e. The molecule has 0 aliphatic heterocycles. The maximum atomic E-state index is 12.3. The Morgan fingerprint density at radius 2 is 2.10 bits per heavy atom. The summed E-state index contributed by atoms with van der Waals surface area (Å²) in [5.41, 5.74) is 3.01. The predicted molar refractivity (Wildman–Crippen MR) is 81.9 cm³/mol. The summed E-state index contributed by atoms with van der Waals surface area (Å²) in [7, 11) is 0. The van der Waals surface area contributed by atoms with Crippen molar-refractivity contribution in [1.29, 1.82) is 0 Å². The highest BCUT2D eigenvalue weighted by atomic mass is 16.5. The van der Waals surface area contributed by atoms with Crippen LogP contribution in [0.3, 0.4) is 0 Å². The lowest BCUT2D eigenvalue weighted by molar-refractivity contribution is -0.138. The van der Waals surface area contributed by atoms with Crippen molar-refractivity contribution >= 4 is 5.91 Å². The molecule has 1 aliphatic carbocycles. The normalized spacial score (nSPS) is 17.7. The largest absolute Gasteiger partial charge is 0.365 e. The highest BCUT2D eigenvalue weighted by Crippen LogP contribution is 2.22. The van der Waals surface area contributed by atoms with Crippen LogP contribution in [0.15, 0.2) is 0 Å². The molecule has 0 radical (unpaired) electrons. The topological polar surface area (TPSA) is 67.0 Å². The summed E-state index contributed by atoms with van der Waals surface area (Å²) in [6.45, 7) is 6.43. The van der Waals surface area contributed by atoms with Gasteiger partial charge >= 0.3 is 0 Å². The van der Waals surface area contributed by atoms with Crippen LogP contribution in [0.1, 0.15) is 62.4 Å². The van der Waals surface area contributed by atoms with Crippen molar-refractivity contribution in [2.45, 2.75) is 78.0 Å². The molecule has 2 rings (SSSR count). The average molecular weight is 293 g/mol. The zero-order valence-electron chi connectivity index (χ0n) is 13.4. The molecule has 21 heavy (non-hydrogen) atoms. The van der Waals surface area contributed by atoms with Gasteiger partial charge in [-0.05, 0) is 33.1 Å². The number of aromatic nitrogens is 2. The summed E-state index contributed by atoms with van der Waals surface area (Å²) in [6, 6.07) is 0. The van der Waals surface area contributed by atoms with E-state index < -0.39 is 0 Å². The molecular weight excluding hydrogens is 266 g/mol. The van der Waals surface area contributed by atoms with Gasteiger partial charge in [-0.2, -0.15) is 5.10 Å². The fourth-order valence-corrected chi connectivity index (χ4v) is 2.90. The Kier molecular flexibility index (Phi) is 5.79. The van der Waals surface area contributed by atoms with Gasteiger partial charge in [-0.25, -0.2) is 0 Å². The van der Waals surface area contributed by atoms with Crippen molar-refractivity contribution in [2.75, 3.05) is 0 Å². The SMILES string of the molecule is CC[C@@H](OC1CCCCC1)C(=O)NCc1c(C)n[nH]c1C. The molecule has 0 saturated heterocycles. The third-order valence-electron chi connectivity index (χ3n) is 4.29. The highest BCUT2D eigenvalue weighted by molar-refractivity contribution is 5.80. The Hall–Kier alpha value is -1.36. The van der Waals surface area contributed by atoms with E-state index in [2.05, 4.69) is 15.5 Å². The number of carbonyl (C=O) groups excluding carboxylic acids is 1. The van der Waals surface area contributed by atoms with E-state index >= 15 is 0 Å². The molecular formula is C16H27N3O2. The monoisotopic (exact) mass is 293 g/mol. The number of nitrogens with one attached hydrogen (secondary N) is 2. The van der Waals surface area contributed by atoms with E-state index in [0.717, 1.165) is 29.8 Å². The number of H-pyrrole nitrogens is 1. The molecule has 1 saturated carbocycles. The second-order valence-electron chi connectivity index (χ2n) is 5.92. The lowest BCUT2D eigenvalue weighted by atomic mass is 9.97. The molecule has 0 aromatic carbocycles. The molecule has 0 unspecified atom stereocenters. The van der Waals surface area contributed by atoms with E-state index in [1.165, 1.54) is 19.3 Å². The molecule has 5 nitrogen and oxygen atoms in total. The van der Waals surface area contributed by atoms with Crippen LogP contribution in [-0.4, -0.2) is 28.3 Å². The number of amides is 1. The van der Waals surface area contributed by atoms with Crippen LogP contribution in [-0.2, 0) is 16.1 Å². The minimum atomic E-state index is -0.333.